The van der Waals surface area contributed by atoms with Crippen molar-refractivity contribution in [2.24, 2.45) is 5.73 Å². The van der Waals surface area contributed by atoms with Crippen LogP contribution < -0.4 is 16.4 Å². The van der Waals surface area contributed by atoms with Gasteiger partial charge in [-0.2, -0.15) is 0 Å². The molecule has 0 fully saturated rings. The maximum atomic E-state index is 12.1. The number of benzene rings is 1. The summed E-state index contributed by atoms with van der Waals surface area (Å²) in [5, 5.41) is 5.47. The molecule has 2 amide bonds. The highest BCUT2D eigenvalue weighted by Gasteiger charge is 2.21. The van der Waals surface area contributed by atoms with E-state index in [0.717, 1.165) is 17.5 Å². The summed E-state index contributed by atoms with van der Waals surface area (Å²) in [7, 11) is 0. The molecular formula is C16H25N3O2. The molecule has 1 aromatic carbocycles. The van der Waals surface area contributed by atoms with Crippen molar-refractivity contribution in [2.45, 2.75) is 52.2 Å². The van der Waals surface area contributed by atoms with Gasteiger partial charge in [-0.15, -0.1) is 0 Å². The summed E-state index contributed by atoms with van der Waals surface area (Å²) in [5.74, 6) is -0.556. The average Bonchev–Trinajstić information content (AvgIpc) is 2.46. The van der Waals surface area contributed by atoms with Crippen LogP contribution in [-0.4, -0.2) is 23.9 Å². The summed E-state index contributed by atoms with van der Waals surface area (Å²) in [6.45, 7) is 7.53. The molecule has 0 aliphatic carbocycles. The van der Waals surface area contributed by atoms with Crippen molar-refractivity contribution in [1.82, 2.24) is 10.6 Å². The van der Waals surface area contributed by atoms with E-state index in [0.29, 0.717) is 0 Å². The first-order valence-electron chi connectivity index (χ1n) is 7.28. The lowest BCUT2D eigenvalue weighted by Gasteiger charge is -2.19. The predicted molar refractivity (Wildman–Crippen MR) is 83.6 cm³/mol. The van der Waals surface area contributed by atoms with Gasteiger partial charge in [-0.05, 0) is 32.8 Å². The van der Waals surface area contributed by atoms with E-state index in [2.05, 4.69) is 10.6 Å². The number of carbonyl (C=O) groups is 2. The largest absolute Gasteiger partial charge is 0.352 e. The molecule has 4 N–H and O–H groups in total. The molecule has 3 unspecified atom stereocenters. The fourth-order valence-electron chi connectivity index (χ4n) is 1.76. The van der Waals surface area contributed by atoms with E-state index in [-0.39, 0.29) is 17.9 Å². The van der Waals surface area contributed by atoms with Crippen LogP contribution in [0.4, 0.5) is 0 Å². The SMILES string of the molecule is CCC(C)NC(=O)C(C)NC(=O)C(N)c1ccc(C)cc1. The van der Waals surface area contributed by atoms with Gasteiger partial charge in [-0.1, -0.05) is 36.8 Å². The van der Waals surface area contributed by atoms with E-state index in [1.54, 1.807) is 6.92 Å². The maximum Gasteiger partial charge on any atom is 0.242 e. The van der Waals surface area contributed by atoms with Crippen LogP contribution >= 0.6 is 0 Å². The molecular weight excluding hydrogens is 266 g/mol. The van der Waals surface area contributed by atoms with Crippen molar-refractivity contribution >= 4 is 11.8 Å². The van der Waals surface area contributed by atoms with Crippen molar-refractivity contribution < 1.29 is 9.59 Å². The molecule has 0 bridgehead atoms. The van der Waals surface area contributed by atoms with Crippen molar-refractivity contribution in [3.8, 4) is 0 Å². The predicted octanol–water partition coefficient (Wildman–Crippen LogP) is 1.41. The van der Waals surface area contributed by atoms with Crippen LogP contribution in [0.1, 0.15) is 44.4 Å². The minimum atomic E-state index is -0.774. The van der Waals surface area contributed by atoms with Crippen LogP contribution in [0.5, 0.6) is 0 Å². The minimum Gasteiger partial charge on any atom is -0.352 e. The summed E-state index contributed by atoms with van der Waals surface area (Å²) in [6.07, 6.45) is 0.843. The number of nitrogens with one attached hydrogen (secondary N) is 2. The Balaban J connectivity index is 2.59. The molecule has 0 spiro atoms. The normalized spacial score (nSPS) is 14.9. The molecule has 1 rings (SSSR count). The lowest BCUT2D eigenvalue weighted by molar-refractivity contribution is -0.129. The zero-order valence-electron chi connectivity index (χ0n) is 13.1. The maximum absolute atomic E-state index is 12.1. The molecule has 5 heteroatoms. The highest BCUT2D eigenvalue weighted by Crippen LogP contribution is 2.11. The fourth-order valence-corrected chi connectivity index (χ4v) is 1.76. The van der Waals surface area contributed by atoms with Crippen molar-refractivity contribution in [2.75, 3.05) is 0 Å². The van der Waals surface area contributed by atoms with Crippen LogP contribution in [0.2, 0.25) is 0 Å². The van der Waals surface area contributed by atoms with Crippen molar-refractivity contribution in [3.05, 3.63) is 35.4 Å². The van der Waals surface area contributed by atoms with Gasteiger partial charge in [0, 0.05) is 6.04 Å². The third-order valence-corrected chi connectivity index (χ3v) is 3.47. The first kappa shape index (κ1) is 17.2. The molecule has 1 aromatic rings. The molecule has 3 atom stereocenters. The number of hydrogen-bond acceptors (Lipinski definition) is 3. The minimum absolute atomic E-state index is 0.0858. The Labute approximate surface area is 126 Å². The van der Waals surface area contributed by atoms with Gasteiger partial charge in [0.05, 0.1) is 0 Å². The van der Waals surface area contributed by atoms with E-state index in [1.807, 2.05) is 45.0 Å². The van der Waals surface area contributed by atoms with Gasteiger partial charge in [0.15, 0.2) is 0 Å². The zero-order chi connectivity index (χ0) is 16.0. The van der Waals surface area contributed by atoms with E-state index in [4.69, 9.17) is 5.73 Å². The Kier molecular flexibility index (Phi) is 6.37. The van der Waals surface area contributed by atoms with Crippen LogP contribution in [-0.2, 0) is 9.59 Å². The Bertz CT molecular complexity index is 485. The lowest BCUT2D eigenvalue weighted by atomic mass is 10.0. The highest BCUT2D eigenvalue weighted by atomic mass is 16.2. The molecule has 0 radical (unpaired) electrons. The summed E-state index contributed by atoms with van der Waals surface area (Å²) in [4.78, 5) is 24.0. The Morgan fingerprint density at radius 1 is 1.10 bits per heavy atom. The highest BCUT2D eigenvalue weighted by molar-refractivity contribution is 5.90. The quantitative estimate of drug-likeness (QED) is 0.741. The molecule has 0 aromatic heterocycles. The van der Waals surface area contributed by atoms with Crippen LogP contribution in [0, 0.1) is 6.92 Å². The van der Waals surface area contributed by atoms with Crippen LogP contribution in [0.3, 0.4) is 0 Å². The van der Waals surface area contributed by atoms with E-state index in [9.17, 15) is 9.59 Å². The van der Waals surface area contributed by atoms with E-state index in [1.165, 1.54) is 0 Å². The van der Waals surface area contributed by atoms with Crippen LogP contribution in [0.25, 0.3) is 0 Å². The number of hydrogen-bond donors (Lipinski definition) is 3. The molecule has 0 saturated heterocycles. The molecule has 0 aliphatic heterocycles. The molecule has 116 valence electrons. The molecule has 0 saturated carbocycles. The molecule has 0 aliphatic rings. The number of amides is 2. The summed E-state index contributed by atoms with van der Waals surface area (Å²) >= 11 is 0. The fraction of sp³-hybridized carbons (Fsp3) is 0.500. The number of nitrogens with two attached hydrogens (primary N) is 1. The summed E-state index contributed by atoms with van der Waals surface area (Å²) in [6, 6.07) is 6.16. The third kappa shape index (κ3) is 5.19. The van der Waals surface area contributed by atoms with Crippen molar-refractivity contribution in [3.63, 3.8) is 0 Å². The lowest BCUT2D eigenvalue weighted by Crippen LogP contribution is -2.49. The topological polar surface area (TPSA) is 84.2 Å². The third-order valence-electron chi connectivity index (χ3n) is 3.47. The zero-order valence-corrected chi connectivity index (χ0v) is 13.1. The Hall–Kier alpha value is -1.88. The monoisotopic (exact) mass is 291 g/mol. The van der Waals surface area contributed by atoms with Gasteiger partial charge in [0.1, 0.15) is 12.1 Å². The van der Waals surface area contributed by atoms with Gasteiger partial charge in [-0.3, -0.25) is 9.59 Å². The second-order valence-corrected chi connectivity index (χ2v) is 5.44. The van der Waals surface area contributed by atoms with Crippen LogP contribution in [0.15, 0.2) is 24.3 Å². The Morgan fingerprint density at radius 3 is 2.19 bits per heavy atom. The number of carbonyl (C=O) groups excluding carboxylic acids is 2. The summed E-state index contributed by atoms with van der Waals surface area (Å²) in [5.41, 5.74) is 7.75. The average molecular weight is 291 g/mol. The van der Waals surface area contributed by atoms with Gasteiger partial charge >= 0.3 is 0 Å². The van der Waals surface area contributed by atoms with Crippen molar-refractivity contribution in [1.29, 1.82) is 0 Å². The first-order valence-corrected chi connectivity index (χ1v) is 7.28. The van der Waals surface area contributed by atoms with Gasteiger partial charge in [0.2, 0.25) is 11.8 Å². The van der Waals surface area contributed by atoms with E-state index < -0.39 is 12.1 Å². The second-order valence-electron chi connectivity index (χ2n) is 5.44. The number of aryl methyl sites for hydroxylation is 1. The number of rotatable bonds is 6. The molecule has 21 heavy (non-hydrogen) atoms. The molecule has 0 heterocycles. The molecule has 5 nitrogen and oxygen atoms in total. The van der Waals surface area contributed by atoms with Gasteiger partial charge in [0.25, 0.3) is 0 Å². The van der Waals surface area contributed by atoms with Gasteiger partial charge in [-0.25, -0.2) is 0 Å². The van der Waals surface area contributed by atoms with Gasteiger partial charge < -0.3 is 16.4 Å². The Morgan fingerprint density at radius 2 is 1.67 bits per heavy atom. The second kappa shape index (κ2) is 7.78. The van der Waals surface area contributed by atoms with E-state index >= 15 is 0 Å². The summed E-state index contributed by atoms with van der Waals surface area (Å²) < 4.78 is 0. The standard InChI is InChI=1S/C16H25N3O2/c1-5-11(3)18-15(20)12(4)19-16(21)14(17)13-8-6-10(2)7-9-13/h6-9,11-12,14H,5,17H2,1-4H3,(H,18,20)(H,19,21). The first-order chi connectivity index (χ1) is 9.85. The smallest absolute Gasteiger partial charge is 0.242 e.